The second-order valence-corrected chi connectivity index (χ2v) is 8.78. The van der Waals surface area contributed by atoms with Crippen molar-refractivity contribution in [1.82, 2.24) is 15.1 Å². The van der Waals surface area contributed by atoms with Crippen molar-refractivity contribution in [2.45, 2.75) is 19.4 Å². The molecule has 0 spiro atoms. The maximum atomic E-state index is 10.6. The minimum atomic E-state index is -0.621. The van der Waals surface area contributed by atoms with Gasteiger partial charge in [-0.25, -0.2) is 0 Å². The minimum Gasteiger partial charge on any atom is -0.490 e. The largest absolute Gasteiger partial charge is 0.490 e. The van der Waals surface area contributed by atoms with Crippen LogP contribution < -0.4 is 4.74 Å². The van der Waals surface area contributed by atoms with E-state index in [2.05, 4.69) is 39.4 Å². The Morgan fingerprint density at radius 2 is 2.03 bits per heavy atom. The number of nitrogens with zero attached hydrogens (tertiary/aromatic N) is 3. The Hall–Kier alpha value is -3.88. The topological polar surface area (TPSA) is 97.9 Å². The summed E-state index contributed by atoms with van der Waals surface area (Å²) in [5.74, 6) is 1.92. The number of furan rings is 2. The zero-order chi connectivity index (χ0) is 23.8. The van der Waals surface area contributed by atoms with Crippen molar-refractivity contribution < 1.29 is 23.1 Å². The van der Waals surface area contributed by atoms with Crippen molar-refractivity contribution >= 4 is 27.5 Å². The van der Waals surface area contributed by atoms with E-state index >= 15 is 0 Å². The van der Waals surface area contributed by atoms with Gasteiger partial charge in [-0.3, -0.25) is 4.90 Å². The zero-order valence-electron chi connectivity index (χ0n) is 19.3. The number of aromatic nitrogens is 2. The smallest absolute Gasteiger partial charge is 0.283 e. The van der Waals surface area contributed by atoms with Crippen LogP contribution in [0.15, 0.2) is 74.1 Å². The van der Waals surface area contributed by atoms with Crippen LogP contribution >= 0.6 is 0 Å². The van der Waals surface area contributed by atoms with Crippen molar-refractivity contribution in [2.75, 3.05) is 26.2 Å². The molecule has 0 bridgehead atoms. The molecule has 6 rings (SSSR count). The van der Waals surface area contributed by atoms with Gasteiger partial charge < -0.3 is 23.1 Å². The number of rotatable bonds is 7. The maximum Gasteiger partial charge on any atom is 0.283 e. The number of aliphatic hydroxyl groups excluding tert-OH is 1. The molecule has 0 saturated carbocycles. The van der Waals surface area contributed by atoms with Gasteiger partial charge in [-0.05, 0) is 41.8 Å². The third kappa shape index (κ3) is 4.45. The van der Waals surface area contributed by atoms with Gasteiger partial charge in [0, 0.05) is 38.0 Å². The highest BCUT2D eigenvalue weighted by Gasteiger charge is 2.19. The molecule has 1 aliphatic heterocycles. The number of aliphatic hydroxyl groups is 1. The Kier molecular flexibility index (Phi) is 5.60. The summed E-state index contributed by atoms with van der Waals surface area (Å²) in [4.78, 5) is 2.23. The molecule has 1 N–H and O–H groups in total. The summed E-state index contributed by atoms with van der Waals surface area (Å²) in [6, 6.07) is 15.7. The highest BCUT2D eigenvalue weighted by atomic mass is 16.5. The van der Waals surface area contributed by atoms with Crippen molar-refractivity contribution in [3.63, 3.8) is 0 Å². The predicted octanol–water partition coefficient (Wildman–Crippen LogP) is 5.07. The van der Waals surface area contributed by atoms with Crippen LogP contribution in [0.2, 0.25) is 0 Å². The quantitative estimate of drug-likeness (QED) is 0.352. The van der Waals surface area contributed by atoms with Crippen LogP contribution in [0.5, 0.6) is 5.75 Å². The monoisotopic (exact) mass is 471 g/mol. The van der Waals surface area contributed by atoms with Crippen molar-refractivity contribution in [3.8, 4) is 17.4 Å². The number of hydrogen-bond acceptors (Lipinski definition) is 8. The van der Waals surface area contributed by atoms with E-state index in [9.17, 15) is 5.11 Å². The fraction of sp³-hybridized carbons (Fsp3) is 0.259. The standard InChI is InChI=1S/C27H25N3O5/c1-17-28-29-27(34-17)26-14-22-23(3-2-4-24(22)35-26)33-16-21(31)15-30-10-7-18(8-11-30)20-6-5-19-9-12-32-25(19)13-20/h2-7,9,12-14,21,31H,8,10-11,15-16H2,1H3/t21-/m0/s1. The lowest BCUT2D eigenvalue weighted by molar-refractivity contribution is 0.0722. The molecule has 1 aliphatic rings. The highest BCUT2D eigenvalue weighted by Crippen LogP contribution is 2.33. The van der Waals surface area contributed by atoms with Gasteiger partial charge in [-0.1, -0.05) is 24.3 Å². The molecule has 4 heterocycles. The lowest BCUT2D eigenvalue weighted by Crippen LogP contribution is -2.38. The summed E-state index contributed by atoms with van der Waals surface area (Å²) < 4.78 is 22.8. The molecule has 178 valence electrons. The summed E-state index contributed by atoms with van der Waals surface area (Å²) >= 11 is 0. The average Bonchev–Trinajstić information content (AvgIpc) is 3.62. The van der Waals surface area contributed by atoms with Crippen LogP contribution in [0.25, 0.3) is 39.2 Å². The van der Waals surface area contributed by atoms with Gasteiger partial charge in [-0.2, -0.15) is 0 Å². The van der Waals surface area contributed by atoms with Crippen LogP contribution in [0.1, 0.15) is 17.9 Å². The van der Waals surface area contributed by atoms with Gasteiger partial charge in [-0.15, -0.1) is 10.2 Å². The van der Waals surface area contributed by atoms with Gasteiger partial charge in [0.1, 0.15) is 29.6 Å². The van der Waals surface area contributed by atoms with Crippen LogP contribution in [0.4, 0.5) is 0 Å². The van der Waals surface area contributed by atoms with Crippen molar-refractivity contribution in [2.24, 2.45) is 0 Å². The number of β-amino-alcohol motifs (C(OH)–C–C–N with tert-alkyl or cyclic N) is 1. The number of hydrogen-bond donors (Lipinski definition) is 1. The molecular formula is C27H25N3O5. The van der Waals surface area contributed by atoms with Crippen LogP contribution in [0.3, 0.4) is 0 Å². The summed E-state index contributed by atoms with van der Waals surface area (Å²) in [6.45, 7) is 4.11. The lowest BCUT2D eigenvalue weighted by atomic mass is 9.98. The van der Waals surface area contributed by atoms with Crippen LogP contribution in [-0.4, -0.2) is 52.5 Å². The Morgan fingerprint density at radius 3 is 2.86 bits per heavy atom. The molecule has 0 radical (unpaired) electrons. The first kappa shape index (κ1) is 21.6. The maximum absolute atomic E-state index is 10.6. The van der Waals surface area contributed by atoms with E-state index in [4.69, 9.17) is 18.0 Å². The van der Waals surface area contributed by atoms with Gasteiger partial charge >= 0.3 is 0 Å². The molecule has 0 unspecified atom stereocenters. The molecule has 2 aromatic carbocycles. The van der Waals surface area contributed by atoms with Gasteiger partial charge in [0.15, 0.2) is 5.76 Å². The zero-order valence-corrected chi connectivity index (χ0v) is 19.3. The van der Waals surface area contributed by atoms with Crippen molar-refractivity contribution in [1.29, 1.82) is 0 Å². The van der Waals surface area contributed by atoms with E-state index in [0.717, 1.165) is 35.9 Å². The second kappa shape index (κ2) is 9.05. The fourth-order valence-corrected chi connectivity index (χ4v) is 4.49. The van der Waals surface area contributed by atoms with E-state index < -0.39 is 6.10 Å². The first-order valence-corrected chi connectivity index (χ1v) is 11.7. The lowest BCUT2D eigenvalue weighted by Gasteiger charge is -2.28. The summed E-state index contributed by atoms with van der Waals surface area (Å²) in [7, 11) is 0. The van der Waals surface area contributed by atoms with E-state index in [-0.39, 0.29) is 6.61 Å². The molecular weight excluding hydrogens is 446 g/mol. The molecule has 5 aromatic rings. The van der Waals surface area contributed by atoms with E-state index in [1.165, 1.54) is 11.1 Å². The number of aryl methyl sites for hydroxylation is 1. The molecule has 0 fully saturated rings. The Bertz CT molecular complexity index is 1510. The second-order valence-electron chi connectivity index (χ2n) is 8.78. The van der Waals surface area contributed by atoms with E-state index in [1.807, 2.05) is 30.3 Å². The summed E-state index contributed by atoms with van der Waals surface area (Å²) in [5, 5.41) is 20.4. The van der Waals surface area contributed by atoms with Gasteiger partial charge in [0.05, 0.1) is 11.6 Å². The van der Waals surface area contributed by atoms with E-state index in [1.54, 1.807) is 13.2 Å². The van der Waals surface area contributed by atoms with Crippen molar-refractivity contribution in [3.05, 3.63) is 72.3 Å². The van der Waals surface area contributed by atoms with E-state index in [0.29, 0.717) is 35.4 Å². The van der Waals surface area contributed by atoms with Gasteiger partial charge in [0.25, 0.3) is 5.89 Å². The number of benzene rings is 2. The average molecular weight is 472 g/mol. The molecule has 0 aliphatic carbocycles. The third-order valence-electron chi connectivity index (χ3n) is 6.28. The van der Waals surface area contributed by atoms with Crippen LogP contribution in [0, 0.1) is 6.92 Å². The first-order valence-electron chi connectivity index (χ1n) is 11.7. The summed E-state index contributed by atoms with van der Waals surface area (Å²) in [5.41, 5.74) is 4.07. The minimum absolute atomic E-state index is 0.182. The Morgan fingerprint density at radius 1 is 1.09 bits per heavy atom. The van der Waals surface area contributed by atoms with Gasteiger partial charge in [0.2, 0.25) is 5.89 Å². The predicted molar refractivity (Wildman–Crippen MR) is 131 cm³/mol. The highest BCUT2D eigenvalue weighted by molar-refractivity contribution is 5.87. The number of fused-ring (bicyclic) bond motifs is 2. The molecule has 35 heavy (non-hydrogen) atoms. The molecule has 3 aromatic heterocycles. The molecule has 8 nitrogen and oxygen atoms in total. The van der Waals surface area contributed by atoms with Crippen LogP contribution in [-0.2, 0) is 0 Å². The molecule has 0 amide bonds. The normalized spacial score (nSPS) is 15.5. The molecule has 8 heteroatoms. The molecule has 1 atom stereocenters. The Balaban J connectivity index is 1.07. The first-order chi connectivity index (χ1) is 17.1. The molecule has 0 saturated heterocycles. The Labute approximate surface area is 201 Å². The SMILES string of the molecule is Cc1nnc(-c2cc3c(OC[C@@H](O)CN4CC=C(c5ccc6ccoc6c5)CC4)cccc3o2)o1. The fourth-order valence-electron chi connectivity index (χ4n) is 4.49. The summed E-state index contributed by atoms with van der Waals surface area (Å²) in [6.07, 6.45) is 4.25. The number of ether oxygens (including phenoxy) is 1. The third-order valence-corrected chi connectivity index (χ3v) is 6.28.